The van der Waals surface area contributed by atoms with Gasteiger partial charge in [0.1, 0.15) is 30.9 Å². The number of carbonyl (C=O) groups is 3. The van der Waals surface area contributed by atoms with Crippen molar-refractivity contribution in [3.05, 3.63) is 83.7 Å². The largest absolute Gasteiger partial charge is 0.442 e. The van der Waals surface area contributed by atoms with Crippen LogP contribution in [0, 0.1) is 12.8 Å². The number of amides is 2. The first kappa shape index (κ1) is 47.5. The second kappa shape index (κ2) is 19.7. The molecule has 5 aromatic rings. The van der Waals surface area contributed by atoms with Gasteiger partial charge in [0, 0.05) is 48.0 Å². The van der Waals surface area contributed by atoms with Gasteiger partial charge in [-0.2, -0.15) is 24.9 Å². The number of carbonyl (C=O) groups excluding carboxylic acids is 3. The minimum absolute atomic E-state index is 0.00828. The summed E-state index contributed by atoms with van der Waals surface area (Å²) < 4.78 is 61.9. The molecule has 3 aliphatic rings. The van der Waals surface area contributed by atoms with Crippen molar-refractivity contribution in [2.75, 3.05) is 36.5 Å². The van der Waals surface area contributed by atoms with Gasteiger partial charge in [0.05, 0.1) is 12.4 Å². The van der Waals surface area contributed by atoms with Crippen LogP contribution in [0.2, 0.25) is 0 Å². The van der Waals surface area contributed by atoms with Crippen LogP contribution < -0.4 is 10.6 Å². The Morgan fingerprint density at radius 3 is 2.31 bits per heavy atom. The molecular formula is C44H50F3N13O6S. The van der Waals surface area contributed by atoms with Crippen LogP contribution in [0.3, 0.4) is 0 Å². The molecule has 2 amide bonds. The number of rotatable bonds is 20. The van der Waals surface area contributed by atoms with E-state index < -0.39 is 41.8 Å². The molecule has 23 heteroatoms. The van der Waals surface area contributed by atoms with Gasteiger partial charge in [-0.25, -0.2) is 15.0 Å². The maximum absolute atomic E-state index is 13.9. The number of Topliss-reactive ketones (excluding diaryl/α,β-unsaturated/α-hetero) is 1. The number of hydrogen-bond acceptors (Lipinski definition) is 17. The van der Waals surface area contributed by atoms with E-state index in [1.54, 1.807) is 56.2 Å². The number of halogens is 3. The van der Waals surface area contributed by atoms with Crippen LogP contribution in [-0.2, 0) is 36.0 Å². The van der Waals surface area contributed by atoms with Crippen molar-refractivity contribution < 1.29 is 41.8 Å². The lowest BCUT2D eigenvalue weighted by Crippen LogP contribution is -2.40. The van der Waals surface area contributed by atoms with Crippen molar-refractivity contribution >= 4 is 46.3 Å². The first-order valence-corrected chi connectivity index (χ1v) is 23.0. The van der Waals surface area contributed by atoms with Crippen LogP contribution >= 0.6 is 11.8 Å². The summed E-state index contributed by atoms with van der Waals surface area (Å²) >= 11 is 1.72. The van der Waals surface area contributed by atoms with E-state index in [-0.39, 0.29) is 48.1 Å². The second-order valence-electron chi connectivity index (χ2n) is 17.1. The van der Waals surface area contributed by atoms with E-state index in [2.05, 4.69) is 56.2 Å². The Morgan fingerprint density at radius 1 is 0.925 bits per heavy atom. The number of imidazole rings is 1. The highest BCUT2D eigenvalue weighted by Gasteiger charge is 2.65. The molecule has 67 heavy (non-hydrogen) atoms. The van der Waals surface area contributed by atoms with Crippen molar-refractivity contribution in [2.45, 2.75) is 103 Å². The maximum Gasteiger partial charge on any atom is 0.442 e. The van der Waals surface area contributed by atoms with Crippen molar-refractivity contribution in [1.82, 2.24) is 50.1 Å². The average molecular weight is 946 g/mol. The Hall–Kier alpha value is -6.04. The molecule has 0 aliphatic carbocycles. The average Bonchev–Trinajstić information content (AvgIpc) is 3.81. The predicted molar refractivity (Wildman–Crippen MR) is 237 cm³/mol. The SMILES string of the molecule is CC(=O)[C@@H](C)CCSCC1OC(n2cnc3c(NCCCCNC(=O)CN(Cc4ccc(-c5nnc(C)nn5)cc4)C(=O)c4ccc(C5(C(F)(F)F)N=N5)cc4)ncnc32)C2OC(C)(C)OC12. The Bertz CT molecular complexity index is 2590. The lowest BCUT2D eigenvalue weighted by atomic mass is 10.0. The highest BCUT2D eigenvalue weighted by atomic mass is 32.2. The first-order chi connectivity index (χ1) is 32.0. The number of nitrogens with one attached hydrogen (secondary N) is 2. The van der Waals surface area contributed by atoms with E-state index in [0.717, 1.165) is 12.2 Å². The summed E-state index contributed by atoms with van der Waals surface area (Å²) in [5.74, 6) is 1.16. The molecule has 3 aliphatic heterocycles. The number of alkyl halides is 3. The summed E-state index contributed by atoms with van der Waals surface area (Å²) in [5.41, 5.74) is -0.329. The number of nitrogens with zero attached hydrogens (tertiary/aromatic N) is 11. The Balaban J connectivity index is 0.855. The van der Waals surface area contributed by atoms with Gasteiger partial charge in [0.2, 0.25) is 11.7 Å². The number of ketones is 1. The molecule has 2 fully saturated rings. The summed E-state index contributed by atoms with van der Waals surface area (Å²) in [4.78, 5) is 53.8. The number of thioether (sulfide) groups is 1. The maximum atomic E-state index is 13.9. The Kier molecular flexibility index (Phi) is 13.9. The van der Waals surface area contributed by atoms with Crippen LogP contribution in [0.5, 0.6) is 0 Å². The molecule has 5 atom stereocenters. The quantitative estimate of drug-likeness (QED) is 0.0856. The number of ether oxygens (including phenoxy) is 3. The molecule has 3 aromatic heterocycles. The lowest BCUT2D eigenvalue weighted by molar-refractivity contribution is -0.193. The van der Waals surface area contributed by atoms with E-state index in [1.165, 1.54) is 35.5 Å². The molecule has 8 rings (SSSR count). The molecule has 19 nitrogen and oxygen atoms in total. The van der Waals surface area contributed by atoms with Gasteiger partial charge >= 0.3 is 11.8 Å². The minimum Gasteiger partial charge on any atom is -0.368 e. The standard InChI is InChI=1S/C44H50F3N13O6S/c1-25(26(2)61)16-19-67-22-32-35-36(66-42(4,5)65-35)41(64-32)60-24-52-34-38(50-23-51-39(34)60)49-18-7-6-17-48-33(62)21-59(20-28-8-10-29(11-9-28)37-55-53-27(3)54-56-37)40(63)30-12-14-31(15-13-30)43(57-58-43)44(45,46)47/h8-15,23-25,32,35-36,41H,6-7,16-22H2,1-5H3,(H,48,62)(H,49,50,51)/t25-,32?,35?,36?,41?/m0/s1. The second-order valence-corrected chi connectivity index (χ2v) is 18.3. The zero-order valence-corrected chi connectivity index (χ0v) is 38.3. The zero-order chi connectivity index (χ0) is 47.5. The summed E-state index contributed by atoms with van der Waals surface area (Å²) in [6.07, 6.45) is -1.08. The number of fused-ring (bicyclic) bond motifs is 2. The van der Waals surface area contributed by atoms with Gasteiger partial charge in [-0.1, -0.05) is 43.3 Å². The topological polar surface area (TPSA) is 226 Å². The number of aromatic nitrogens is 8. The van der Waals surface area contributed by atoms with E-state index in [9.17, 15) is 27.6 Å². The summed E-state index contributed by atoms with van der Waals surface area (Å²) in [6.45, 7) is 9.49. The summed E-state index contributed by atoms with van der Waals surface area (Å²) in [7, 11) is 0. The Morgan fingerprint density at radius 2 is 1.63 bits per heavy atom. The first-order valence-electron chi connectivity index (χ1n) is 21.8. The summed E-state index contributed by atoms with van der Waals surface area (Å²) in [5, 5.41) is 28.7. The molecule has 0 saturated carbocycles. The molecule has 2 aromatic carbocycles. The van der Waals surface area contributed by atoms with Crippen LogP contribution in [0.25, 0.3) is 22.6 Å². The van der Waals surface area contributed by atoms with E-state index in [0.29, 0.717) is 71.4 Å². The fourth-order valence-corrected chi connectivity index (χ4v) is 8.99. The van der Waals surface area contributed by atoms with Crippen LogP contribution in [0.4, 0.5) is 19.0 Å². The third kappa shape index (κ3) is 10.7. The fraction of sp³-hybridized carbons (Fsp3) is 0.500. The highest BCUT2D eigenvalue weighted by molar-refractivity contribution is 7.99. The molecule has 2 saturated heterocycles. The molecule has 2 N–H and O–H groups in total. The smallest absolute Gasteiger partial charge is 0.368 e. The number of hydrogen-bond donors (Lipinski definition) is 2. The number of benzene rings is 2. The molecule has 4 unspecified atom stereocenters. The van der Waals surface area contributed by atoms with Gasteiger partial charge in [0.25, 0.3) is 5.91 Å². The van der Waals surface area contributed by atoms with Crippen molar-refractivity contribution in [2.24, 2.45) is 16.1 Å². The minimum atomic E-state index is -4.72. The lowest BCUT2D eigenvalue weighted by Gasteiger charge is -2.24. The van der Waals surface area contributed by atoms with Crippen molar-refractivity contribution in [3.63, 3.8) is 0 Å². The molecule has 354 valence electrons. The van der Waals surface area contributed by atoms with E-state index >= 15 is 0 Å². The Labute approximate surface area is 387 Å². The van der Waals surface area contributed by atoms with Crippen LogP contribution in [-0.4, -0.2) is 124 Å². The van der Waals surface area contributed by atoms with Crippen LogP contribution in [0.15, 0.2) is 71.4 Å². The highest BCUT2D eigenvalue weighted by Crippen LogP contribution is 2.52. The zero-order valence-electron chi connectivity index (χ0n) is 37.4. The van der Waals surface area contributed by atoms with Gasteiger partial charge in [0.15, 0.2) is 34.8 Å². The number of unbranched alkanes of at least 4 members (excludes halogenated alkanes) is 1. The molecule has 0 radical (unpaired) electrons. The van der Waals surface area contributed by atoms with Gasteiger partial charge in [-0.05, 0) is 70.4 Å². The number of aryl methyl sites for hydroxylation is 1. The normalized spacial score (nSPS) is 20.7. The van der Waals surface area contributed by atoms with Gasteiger partial charge < -0.3 is 29.7 Å². The molecule has 0 spiro atoms. The monoisotopic (exact) mass is 945 g/mol. The third-order valence-corrected chi connectivity index (χ3v) is 12.8. The molecule has 0 bridgehead atoms. The fourth-order valence-electron chi connectivity index (χ4n) is 7.81. The molecule has 6 heterocycles. The van der Waals surface area contributed by atoms with E-state index in [1.807, 2.05) is 25.3 Å². The third-order valence-electron chi connectivity index (χ3n) is 11.7. The van der Waals surface area contributed by atoms with Crippen LogP contribution in [0.1, 0.15) is 80.5 Å². The van der Waals surface area contributed by atoms with Gasteiger partial charge in [-0.15, -0.1) is 30.6 Å². The van der Waals surface area contributed by atoms with Crippen molar-refractivity contribution in [1.29, 1.82) is 0 Å². The molecular weight excluding hydrogens is 896 g/mol. The predicted octanol–water partition coefficient (Wildman–Crippen LogP) is 5.98. The van der Waals surface area contributed by atoms with Crippen molar-refractivity contribution in [3.8, 4) is 11.4 Å². The van der Waals surface area contributed by atoms with E-state index in [4.69, 9.17) is 14.2 Å². The summed E-state index contributed by atoms with van der Waals surface area (Å²) in [6, 6.07) is 11.9. The number of anilines is 1. The van der Waals surface area contributed by atoms with Gasteiger partial charge in [-0.3, -0.25) is 19.0 Å².